The van der Waals surface area contributed by atoms with Crippen LogP contribution in [-0.4, -0.2) is 21.0 Å². The highest BCUT2D eigenvalue weighted by Gasteiger charge is 2.15. The van der Waals surface area contributed by atoms with Gasteiger partial charge in [-0.15, -0.1) is 0 Å². The summed E-state index contributed by atoms with van der Waals surface area (Å²) in [6, 6.07) is 13.2. The first-order valence-electron chi connectivity index (χ1n) is 7.32. The van der Waals surface area contributed by atoms with Crippen LogP contribution in [0, 0.1) is 17.0 Å². The molecule has 3 rings (SSSR count). The topological polar surface area (TPSA) is 101 Å². The van der Waals surface area contributed by atoms with Crippen molar-refractivity contribution in [2.45, 2.75) is 6.92 Å². The number of nitrogens with one attached hydrogen (secondary N) is 2. The fourth-order valence-electron chi connectivity index (χ4n) is 2.32. The molecule has 1 amide bonds. The monoisotopic (exact) mass is 356 g/mol. The van der Waals surface area contributed by atoms with E-state index in [1.165, 1.54) is 6.07 Å². The van der Waals surface area contributed by atoms with Crippen LogP contribution in [-0.2, 0) is 0 Å². The van der Waals surface area contributed by atoms with Crippen LogP contribution in [0.3, 0.4) is 0 Å². The molecule has 2 N–H and O–H groups in total. The Kier molecular flexibility index (Phi) is 4.49. The Morgan fingerprint density at radius 3 is 2.76 bits per heavy atom. The molecular formula is C17H13ClN4O3. The number of aromatic amines is 1. The van der Waals surface area contributed by atoms with Crippen LogP contribution in [0.1, 0.15) is 16.1 Å². The van der Waals surface area contributed by atoms with Gasteiger partial charge in [0.1, 0.15) is 5.69 Å². The van der Waals surface area contributed by atoms with Crippen LogP contribution in [0.5, 0.6) is 0 Å². The van der Waals surface area contributed by atoms with Gasteiger partial charge in [0.15, 0.2) is 0 Å². The summed E-state index contributed by atoms with van der Waals surface area (Å²) in [4.78, 5) is 22.8. The van der Waals surface area contributed by atoms with Gasteiger partial charge in [-0.2, -0.15) is 5.10 Å². The fourth-order valence-corrected chi connectivity index (χ4v) is 2.51. The summed E-state index contributed by atoms with van der Waals surface area (Å²) in [5.74, 6) is -0.445. The number of nitrogens with zero attached hydrogens (tertiary/aromatic N) is 2. The number of aromatic nitrogens is 2. The van der Waals surface area contributed by atoms with Crippen molar-refractivity contribution in [3.05, 3.63) is 74.9 Å². The summed E-state index contributed by atoms with van der Waals surface area (Å²) >= 11 is 5.95. The van der Waals surface area contributed by atoms with E-state index < -0.39 is 10.8 Å². The number of amides is 1. The van der Waals surface area contributed by atoms with Crippen molar-refractivity contribution >= 4 is 28.9 Å². The third-order valence-electron chi connectivity index (χ3n) is 3.61. The minimum atomic E-state index is -0.488. The van der Waals surface area contributed by atoms with Crippen molar-refractivity contribution in [1.29, 1.82) is 0 Å². The van der Waals surface area contributed by atoms with E-state index in [4.69, 9.17) is 11.6 Å². The van der Waals surface area contributed by atoms with Crippen molar-refractivity contribution in [3.8, 4) is 11.3 Å². The Bertz CT molecular complexity index is 968. The van der Waals surface area contributed by atoms with E-state index in [0.717, 1.165) is 5.56 Å². The lowest BCUT2D eigenvalue weighted by Crippen LogP contribution is -2.12. The molecule has 0 aliphatic heterocycles. The highest BCUT2D eigenvalue weighted by molar-refractivity contribution is 6.30. The van der Waals surface area contributed by atoms with Gasteiger partial charge in [-0.25, -0.2) is 0 Å². The minimum Gasteiger partial charge on any atom is -0.320 e. The molecule has 2 aromatic carbocycles. The maximum atomic E-state index is 12.3. The average molecular weight is 357 g/mol. The second-order valence-electron chi connectivity index (χ2n) is 5.39. The van der Waals surface area contributed by atoms with Gasteiger partial charge in [-0.05, 0) is 31.2 Å². The van der Waals surface area contributed by atoms with Crippen molar-refractivity contribution < 1.29 is 9.72 Å². The molecule has 0 aliphatic carbocycles. The number of nitro benzene ring substituents is 1. The third kappa shape index (κ3) is 3.67. The molecule has 0 unspecified atom stereocenters. The standard InChI is InChI=1S/C17H13ClN4O3/c1-10-5-6-13(8-16(10)22(24)25)19-17(23)15-9-14(20-21-15)11-3-2-4-12(18)7-11/h2-9H,1H3,(H,19,23)(H,20,21). The molecule has 0 aliphatic rings. The number of halogens is 1. The van der Waals surface area contributed by atoms with Crippen LogP contribution in [0.15, 0.2) is 48.5 Å². The molecular weight excluding hydrogens is 344 g/mol. The Hall–Kier alpha value is -3.19. The first kappa shape index (κ1) is 16.7. The second-order valence-corrected chi connectivity index (χ2v) is 5.83. The number of carbonyl (C=O) groups excluding carboxylic acids is 1. The maximum Gasteiger partial charge on any atom is 0.274 e. The molecule has 25 heavy (non-hydrogen) atoms. The van der Waals surface area contributed by atoms with Gasteiger partial charge in [0, 0.05) is 27.9 Å². The van der Waals surface area contributed by atoms with Gasteiger partial charge in [-0.1, -0.05) is 29.8 Å². The number of nitro groups is 1. The zero-order valence-corrected chi connectivity index (χ0v) is 13.9. The summed E-state index contributed by atoms with van der Waals surface area (Å²) < 4.78 is 0. The molecule has 0 spiro atoms. The number of hydrogen-bond donors (Lipinski definition) is 2. The molecule has 0 fully saturated rings. The summed E-state index contributed by atoms with van der Waals surface area (Å²) in [7, 11) is 0. The van der Waals surface area contributed by atoms with Crippen molar-refractivity contribution in [1.82, 2.24) is 10.2 Å². The SMILES string of the molecule is Cc1ccc(NC(=O)c2cc(-c3cccc(Cl)c3)n[nH]2)cc1[N+](=O)[O-]. The number of aryl methyl sites for hydroxylation is 1. The smallest absolute Gasteiger partial charge is 0.274 e. The molecule has 0 saturated heterocycles. The maximum absolute atomic E-state index is 12.3. The quantitative estimate of drug-likeness (QED) is 0.540. The van der Waals surface area contributed by atoms with Gasteiger partial charge in [0.2, 0.25) is 0 Å². The molecule has 0 atom stereocenters. The van der Waals surface area contributed by atoms with E-state index in [9.17, 15) is 14.9 Å². The number of hydrogen-bond acceptors (Lipinski definition) is 4. The van der Waals surface area contributed by atoms with Gasteiger partial charge < -0.3 is 5.32 Å². The molecule has 126 valence electrons. The molecule has 1 heterocycles. The van der Waals surface area contributed by atoms with Crippen molar-refractivity contribution in [3.63, 3.8) is 0 Å². The van der Waals surface area contributed by atoms with E-state index in [2.05, 4.69) is 15.5 Å². The minimum absolute atomic E-state index is 0.0537. The number of H-pyrrole nitrogens is 1. The molecule has 0 saturated carbocycles. The Balaban J connectivity index is 1.81. The zero-order valence-electron chi connectivity index (χ0n) is 13.1. The second kappa shape index (κ2) is 6.74. The molecule has 3 aromatic rings. The van der Waals surface area contributed by atoms with Gasteiger partial charge in [0.05, 0.1) is 10.6 Å². The molecule has 1 aromatic heterocycles. The van der Waals surface area contributed by atoms with E-state index in [1.807, 2.05) is 6.07 Å². The van der Waals surface area contributed by atoms with Crippen molar-refractivity contribution in [2.24, 2.45) is 0 Å². The van der Waals surface area contributed by atoms with Crippen LogP contribution >= 0.6 is 11.6 Å². The summed E-state index contributed by atoms with van der Waals surface area (Å²) in [5.41, 5.74) is 2.38. The van der Waals surface area contributed by atoms with Crippen LogP contribution < -0.4 is 5.32 Å². The fraction of sp³-hybridized carbons (Fsp3) is 0.0588. The predicted molar refractivity (Wildman–Crippen MR) is 94.8 cm³/mol. The first-order valence-corrected chi connectivity index (χ1v) is 7.69. The number of carbonyl (C=O) groups is 1. The lowest BCUT2D eigenvalue weighted by Gasteiger charge is -2.04. The Morgan fingerprint density at radius 2 is 2.04 bits per heavy atom. The normalized spacial score (nSPS) is 10.5. The zero-order chi connectivity index (χ0) is 18.0. The van der Waals surface area contributed by atoms with Crippen molar-refractivity contribution in [2.75, 3.05) is 5.32 Å². The van der Waals surface area contributed by atoms with E-state index in [0.29, 0.717) is 22.0 Å². The first-order chi connectivity index (χ1) is 11.9. The van der Waals surface area contributed by atoms with Crippen LogP contribution in [0.4, 0.5) is 11.4 Å². The molecule has 0 radical (unpaired) electrons. The Labute approximate surface area is 147 Å². The lowest BCUT2D eigenvalue weighted by molar-refractivity contribution is -0.385. The highest BCUT2D eigenvalue weighted by atomic mass is 35.5. The van der Waals surface area contributed by atoms with Gasteiger partial charge >= 0.3 is 0 Å². The largest absolute Gasteiger partial charge is 0.320 e. The van der Waals surface area contributed by atoms with Gasteiger partial charge in [0.25, 0.3) is 11.6 Å². The molecule has 7 nitrogen and oxygen atoms in total. The predicted octanol–water partition coefficient (Wildman–Crippen LogP) is 4.20. The number of anilines is 1. The van der Waals surface area contributed by atoms with E-state index in [-0.39, 0.29) is 11.4 Å². The lowest BCUT2D eigenvalue weighted by atomic mass is 10.1. The average Bonchev–Trinajstić information content (AvgIpc) is 3.06. The summed E-state index contributed by atoms with van der Waals surface area (Å²) in [5, 5.41) is 20.9. The number of rotatable bonds is 4. The molecule has 0 bridgehead atoms. The van der Waals surface area contributed by atoms with E-state index >= 15 is 0 Å². The van der Waals surface area contributed by atoms with Gasteiger partial charge in [-0.3, -0.25) is 20.0 Å². The Morgan fingerprint density at radius 1 is 1.24 bits per heavy atom. The highest BCUT2D eigenvalue weighted by Crippen LogP contribution is 2.24. The van der Waals surface area contributed by atoms with Crippen LogP contribution in [0.25, 0.3) is 11.3 Å². The van der Waals surface area contributed by atoms with E-state index in [1.54, 1.807) is 43.3 Å². The summed E-state index contributed by atoms with van der Waals surface area (Å²) in [6.07, 6.45) is 0. The third-order valence-corrected chi connectivity index (χ3v) is 3.84. The van der Waals surface area contributed by atoms with Crippen LogP contribution in [0.2, 0.25) is 5.02 Å². The summed E-state index contributed by atoms with van der Waals surface area (Å²) in [6.45, 7) is 1.63. The molecule has 8 heteroatoms. The number of benzene rings is 2.